The molecule has 0 aliphatic rings. The summed E-state index contributed by atoms with van der Waals surface area (Å²) in [7, 11) is 0. The average Bonchev–Trinajstić information content (AvgIpc) is 3.29. The Labute approximate surface area is 326 Å². The van der Waals surface area contributed by atoms with Crippen molar-refractivity contribution in [1.82, 2.24) is 15.0 Å². The molecule has 3 nitrogen and oxygen atoms in total. The molecule has 0 fully saturated rings. The molecule has 0 unspecified atom stereocenters. The molecule has 0 spiro atoms. The molecular formula is C53H35N3. The highest BCUT2D eigenvalue weighted by Crippen LogP contribution is 2.42. The zero-order valence-corrected chi connectivity index (χ0v) is 30.5. The van der Waals surface area contributed by atoms with Gasteiger partial charge < -0.3 is 0 Å². The summed E-state index contributed by atoms with van der Waals surface area (Å²) in [6, 6.07) is 74.8. The summed E-state index contributed by atoms with van der Waals surface area (Å²) in [5, 5.41) is 4.67. The minimum Gasteiger partial charge on any atom is -0.208 e. The first-order valence-electron chi connectivity index (χ1n) is 18.9. The summed E-state index contributed by atoms with van der Waals surface area (Å²) >= 11 is 0. The zero-order chi connectivity index (χ0) is 37.3. The molecule has 0 aliphatic carbocycles. The van der Waals surface area contributed by atoms with E-state index in [1.165, 1.54) is 38.6 Å². The third-order valence-electron chi connectivity index (χ3n) is 10.5. The monoisotopic (exact) mass is 713 g/mol. The van der Waals surface area contributed by atoms with Gasteiger partial charge in [0.15, 0.2) is 17.5 Å². The molecule has 9 aromatic carbocycles. The van der Waals surface area contributed by atoms with E-state index in [1.807, 2.05) is 6.07 Å². The molecule has 0 N–H and O–H groups in total. The van der Waals surface area contributed by atoms with Crippen molar-refractivity contribution in [1.29, 1.82) is 0 Å². The number of hydrogen-bond donors (Lipinski definition) is 0. The van der Waals surface area contributed by atoms with Crippen molar-refractivity contribution in [2.75, 3.05) is 0 Å². The van der Waals surface area contributed by atoms with E-state index in [1.54, 1.807) is 0 Å². The average molecular weight is 714 g/mol. The van der Waals surface area contributed by atoms with Gasteiger partial charge in [-0.25, -0.2) is 15.0 Å². The van der Waals surface area contributed by atoms with Crippen LogP contribution >= 0.6 is 0 Å². The lowest BCUT2D eigenvalue weighted by Gasteiger charge is -2.17. The summed E-state index contributed by atoms with van der Waals surface area (Å²) < 4.78 is 0. The lowest BCUT2D eigenvalue weighted by Crippen LogP contribution is -2.01. The Balaban J connectivity index is 1.14. The molecule has 3 heteroatoms. The second-order valence-electron chi connectivity index (χ2n) is 14.0. The van der Waals surface area contributed by atoms with Gasteiger partial charge in [-0.05, 0) is 78.2 Å². The van der Waals surface area contributed by atoms with E-state index in [4.69, 9.17) is 15.0 Å². The molecule has 262 valence electrons. The molecule has 0 bridgehead atoms. The summed E-state index contributed by atoms with van der Waals surface area (Å²) in [6.07, 6.45) is 0. The smallest absolute Gasteiger partial charge is 0.164 e. The van der Waals surface area contributed by atoms with E-state index in [2.05, 4.69) is 206 Å². The fourth-order valence-corrected chi connectivity index (χ4v) is 7.75. The summed E-state index contributed by atoms with van der Waals surface area (Å²) in [5.41, 5.74) is 12.1. The molecule has 0 saturated carbocycles. The molecule has 56 heavy (non-hydrogen) atoms. The molecule has 0 atom stereocenters. The van der Waals surface area contributed by atoms with Crippen molar-refractivity contribution < 1.29 is 0 Å². The largest absolute Gasteiger partial charge is 0.208 e. The first-order valence-corrected chi connectivity index (χ1v) is 18.9. The van der Waals surface area contributed by atoms with Crippen molar-refractivity contribution in [3.8, 4) is 78.7 Å². The molecular weight excluding hydrogens is 679 g/mol. The maximum absolute atomic E-state index is 5.21. The van der Waals surface area contributed by atoms with Crippen LogP contribution in [0.3, 0.4) is 0 Å². The Morgan fingerprint density at radius 1 is 0.232 bits per heavy atom. The molecule has 1 heterocycles. The Morgan fingerprint density at radius 2 is 0.714 bits per heavy atom. The van der Waals surface area contributed by atoms with E-state index in [-0.39, 0.29) is 0 Å². The van der Waals surface area contributed by atoms with Crippen molar-refractivity contribution in [2.24, 2.45) is 0 Å². The van der Waals surface area contributed by atoms with Crippen molar-refractivity contribution in [3.63, 3.8) is 0 Å². The van der Waals surface area contributed by atoms with Crippen LogP contribution < -0.4 is 0 Å². The number of hydrogen-bond acceptors (Lipinski definition) is 3. The van der Waals surface area contributed by atoms with Crippen LogP contribution in [0.4, 0.5) is 0 Å². The third kappa shape index (κ3) is 6.31. The highest BCUT2D eigenvalue weighted by atomic mass is 15.0. The van der Waals surface area contributed by atoms with Gasteiger partial charge in [0.05, 0.1) is 0 Å². The Bertz CT molecular complexity index is 3000. The molecule has 0 saturated heterocycles. The van der Waals surface area contributed by atoms with Gasteiger partial charge in [0.2, 0.25) is 0 Å². The fraction of sp³-hybridized carbons (Fsp3) is 0. The van der Waals surface area contributed by atoms with Crippen LogP contribution in [0.15, 0.2) is 212 Å². The molecule has 1 aromatic heterocycles. The molecule has 0 amide bonds. The molecule has 10 rings (SSSR count). The first-order chi connectivity index (χ1) is 27.7. The number of aromatic nitrogens is 3. The summed E-state index contributed by atoms with van der Waals surface area (Å²) in [4.78, 5) is 15.5. The van der Waals surface area contributed by atoms with E-state index < -0.39 is 0 Å². The Kier molecular flexibility index (Phi) is 8.51. The van der Waals surface area contributed by atoms with Gasteiger partial charge >= 0.3 is 0 Å². The number of benzene rings is 9. The van der Waals surface area contributed by atoms with Crippen LogP contribution in [0.1, 0.15) is 0 Å². The van der Waals surface area contributed by atoms with Gasteiger partial charge in [0.1, 0.15) is 0 Å². The number of nitrogens with zero attached hydrogens (tertiary/aromatic N) is 3. The van der Waals surface area contributed by atoms with Crippen LogP contribution in [-0.2, 0) is 0 Å². The van der Waals surface area contributed by atoms with Gasteiger partial charge in [-0.3, -0.25) is 0 Å². The fourth-order valence-electron chi connectivity index (χ4n) is 7.75. The SMILES string of the molecule is c1ccc(-c2ccc(-c3nc(-c4cccc(-c5cccc(-c6ccccc6)c5-c5ccc6ccccc6c5)c4)nc(-c4cccc5ccccc45)n3)cc2)cc1. The van der Waals surface area contributed by atoms with E-state index in [0.29, 0.717) is 17.5 Å². The van der Waals surface area contributed by atoms with Crippen molar-refractivity contribution >= 4 is 21.5 Å². The lowest BCUT2D eigenvalue weighted by atomic mass is 9.86. The number of rotatable bonds is 7. The minimum absolute atomic E-state index is 0.624. The Morgan fingerprint density at radius 3 is 1.50 bits per heavy atom. The van der Waals surface area contributed by atoms with Crippen LogP contribution in [0.25, 0.3) is 100 Å². The molecule has 0 aliphatic heterocycles. The van der Waals surface area contributed by atoms with Gasteiger partial charge in [-0.2, -0.15) is 0 Å². The van der Waals surface area contributed by atoms with Crippen LogP contribution in [0.5, 0.6) is 0 Å². The van der Waals surface area contributed by atoms with E-state index in [0.717, 1.165) is 44.2 Å². The highest BCUT2D eigenvalue weighted by Gasteiger charge is 2.18. The number of fused-ring (bicyclic) bond motifs is 2. The normalized spacial score (nSPS) is 11.2. The van der Waals surface area contributed by atoms with Gasteiger partial charge in [0, 0.05) is 16.7 Å². The maximum Gasteiger partial charge on any atom is 0.164 e. The standard InChI is InChI=1S/C53H35N3/c1-3-14-36(15-4-1)38-28-31-41(32-29-38)51-54-52(56-53(55-51)49-27-12-21-39-19-9-10-24-46(39)49)45-23-11-22-43(35-45)48-26-13-25-47(40-17-5-2-6-18-40)50(48)44-33-30-37-16-7-8-20-42(37)34-44/h1-35H. The van der Waals surface area contributed by atoms with Gasteiger partial charge in [-0.15, -0.1) is 0 Å². The highest BCUT2D eigenvalue weighted by molar-refractivity contribution is 5.99. The second kappa shape index (κ2) is 14.4. The van der Waals surface area contributed by atoms with Crippen LogP contribution in [0.2, 0.25) is 0 Å². The van der Waals surface area contributed by atoms with E-state index >= 15 is 0 Å². The zero-order valence-electron chi connectivity index (χ0n) is 30.5. The minimum atomic E-state index is 0.624. The lowest BCUT2D eigenvalue weighted by molar-refractivity contribution is 1.08. The van der Waals surface area contributed by atoms with Crippen molar-refractivity contribution in [3.05, 3.63) is 212 Å². The molecule has 10 aromatic rings. The predicted octanol–water partition coefficient (Wildman–Crippen LogP) is 13.8. The van der Waals surface area contributed by atoms with Crippen LogP contribution in [0, 0.1) is 0 Å². The topological polar surface area (TPSA) is 38.7 Å². The van der Waals surface area contributed by atoms with Crippen LogP contribution in [-0.4, -0.2) is 15.0 Å². The first kappa shape index (κ1) is 33.1. The summed E-state index contributed by atoms with van der Waals surface area (Å²) in [6.45, 7) is 0. The summed E-state index contributed by atoms with van der Waals surface area (Å²) in [5.74, 6) is 1.89. The second-order valence-corrected chi connectivity index (χ2v) is 14.0. The van der Waals surface area contributed by atoms with E-state index in [9.17, 15) is 0 Å². The third-order valence-corrected chi connectivity index (χ3v) is 10.5. The van der Waals surface area contributed by atoms with Gasteiger partial charge in [0.25, 0.3) is 0 Å². The predicted molar refractivity (Wildman–Crippen MR) is 233 cm³/mol. The maximum atomic E-state index is 5.21. The van der Waals surface area contributed by atoms with Gasteiger partial charge in [-0.1, -0.05) is 200 Å². The quantitative estimate of drug-likeness (QED) is 0.165. The Hall–Kier alpha value is -7.49. The van der Waals surface area contributed by atoms with Crippen molar-refractivity contribution in [2.45, 2.75) is 0 Å². The molecule has 0 radical (unpaired) electrons.